The Morgan fingerprint density at radius 2 is 1.97 bits per heavy atom. The summed E-state index contributed by atoms with van der Waals surface area (Å²) in [7, 11) is 1.62. The van der Waals surface area contributed by atoms with Crippen LogP contribution in [-0.4, -0.2) is 50.9 Å². The van der Waals surface area contributed by atoms with E-state index < -0.39 is 29.4 Å². The number of anilines is 1. The van der Waals surface area contributed by atoms with E-state index in [2.05, 4.69) is 27.1 Å². The Hall–Kier alpha value is -4.21. The van der Waals surface area contributed by atoms with Gasteiger partial charge in [-0.3, -0.25) is 9.79 Å². The standard InChI is InChI=1S/C27H33FN4O5/c1-6-19(28)15-20(17-29-5)30-13-12-23(27(35)36-9-4)31-25(33)22-14-18-10-11-21(32(7-2)8-3)16-24(18)37-26(22)34/h6,10-11,13-17,23,29H,1,7-9,12H2,2-5H3,(H,31,33)/b19-15+,20-17-,30-13?. The second-order valence-corrected chi connectivity index (χ2v) is 7.76. The fourth-order valence-corrected chi connectivity index (χ4v) is 3.46. The van der Waals surface area contributed by atoms with Crippen molar-refractivity contribution < 1.29 is 23.1 Å². The molecule has 0 saturated carbocycles. The molecule has 0 spiro atoms. The largest absolute Gasteiger partial charge is 0.464 e. The van der Waals surface area contributed by atoms with E-state index in [0.29, 0.717) is 11.0 Å². The Morgan fingerprint density at radius 3 is 2.59 bits per heavy atom. The van der Waals surface area contributed by atoms with Crippen LogP contribution in [-0.2, 0) is 9.53 Å². The number of aliphatic imine (C=N–C) groups is 1. The smallest absolute Gasteiger partial charge is 0.349 e. The predicted molar refractivity (Wildman–Crippen MR) is 144 cm³/mol. The molecule has 10 heteroatoms. The molecule has 0 aliphatic carbocycles. The molecule has 1 amide bonds. The summed E-state index contributed by atoms with van der Waals surface area (Å²) in [6, 6.07) is 5.69. The fraction of sp³-hybridized carbons (Fsp3) is 0.333. The quantitative estimate of drug-likeness (QED) is 0.181. The van der Waals surface area contributed by atoms with Crippen molar-refractivity contribution in [3.05, 3.63) is 76.7 Å². The normalized spacial score (nSPS) is 12.9. The fourth-order valence-electron chi connectivity index (χ4n) is 3.46. The maximum atomic E-state index is 13.6. The van der Waals surface area contributed by atoms with Crippen molar-refractivity contribution in [1.82, 2.24) is 10.6 Å². The number of rotatable bonds is 13. The van der Waals surface area contributed by atoms with Crippen LogP contribution < -0.4 is 21.2 Å². The van der Waals surface area contributed by atoms with Crippen molar-refractivity contribution >= 4 is 34.7 Å². The molecule has 9 nitrogen and oxygen atoms in total. The van der Waals surface area contributed by atoms with Gasteiger partial charge in [-0.2, -0.15) is 0 Å². The molecular weight excluding hydrogens is 479 g/mol. The molecule has 2 rings (SSSR count). The molecule has 1 heterocycles. The zero-order chi connectivity index (χ0) is 27.4. The lowest BCUT2D eigenvalue weighted by atomic mass is 10.1. The molecule has 198 valence electrons. The average Bonchev–Trinajstić information content (AvgIpc) is 2.88. The van der Waals surface area contributed by atoms with E-state index >= 15 is 0 Å². The topological polar surface area (TPSA) is 113 Å². The third-order valence-corrected chi connectivity index (χ3v) is 5.32. The Labute approximate surface area is 215 Å². The van der Waals surface area contributed by atoms with Crippen LogP contribution >= 0.6 is 0 Å². The average molecular weight is 513 g/mol. The summed E-state index contributed by atoms with van der Waals surface area (Å²) in [6.07, 6.45) is 4.89. The van der Waals surface area contributed by atoms with Gasteiger partial charge in [0, 0.05) is 62.2 Å². The van der Waals surface area contributed by atoms with Gasteiger partial charge in [0.2, 0.25) is 0 Å². The van der Waals surface area contributed by atoms with E-state index in [9.17, 15) is 18.8 Å². The predicted octanol–water partition coefficient (Wildman–Crippen LogP) is 3.86. The van der Waals surface area contributed by atoms with Gasteiger partial charge in [0.05, 0.1) is 12.3 Å². The van der Waals surface area contributed by atoms with Crippen LogP contribution in [0.2, 0.25) is 0 Å². The zero-order valence-electron chi connectivity index (χ0n) is 21.5. The Kier molecular flexibility index (Phi) is 11.3. The van der Waals surface area contributed by atoms with Gasteiger partial charge < -0.3 is 24.7 Å². The lowest BCUT2D eigenvalue weighted by Crippen LogP contribution is -2.43. The van der Waals surface area contributed by atoms with E-state index in [-0.39, 0.29) is 24.3 Å². The van der Waals surface area contributed by atoms with Gasteiger partial charge in [-0.25, -0.2) is 14.0 Å². The molecular formula is C27H33FN4O5. The zero-order valence-corrected chi connectivity index (χ0v) is 21.5. The van der Waals surface area contributed by atoms with E-state index in [1.807, 2.05) is 19.9 Å². The van der Waals surface area contributed by atoms with Crippen molar-refractivity contribution in [3.63, 3.8) is 0 Å². The number of amides is 1. The van der Waals surface area contributed by atoms with Crippen molar-refractivity contribution in [3.8, 4) is 0 Å². The summed E-state index contributed by atoms with van der Waals surface area (Å²) in [5.74, 6) is -2.09. The second kappa shape index (κ2) is 14.4. The third-order valence-electron chi connectivity index (χ3n) is 5.32. The Balaban J connectivity index is 2.30. The molecule has 1 unspecified atom stereocenters. The van der Waals surface area contributed by atoms with Gasteiger partial charge in [-0.15, -0.1) is 0 Å². The first-order chi connectivity index (χ1) is 17.8. The minimum atomic E-state index is -1.14. The molecule has 37 heavy (non-hydrogen) atoms. The van der Waals surface area contributed by atoms with E-state index in [0.717, 1.165) is 30.9 Å². The van der Waals surface area contributed by atoms with Crippen LogP contribution in [0.5, 0.6) is 0 Å². The van der Waals surface area contributed by atoms with Gasteiger partial charge in [-0.1, -0.05) is 6.58 Å². The molecule has 1 aromatic carbocycles. The summed E-state index contributed by atoms with van der Waals surface area (Å²) in [5.41, 5.74) is 0.397. The summed E-state index contributed by atoms with van der Waals surface area (Å²) in [5, 5.41) is 5.82. The van der Waals surface area contributed by atoms with Gasteiger partial charge in [-0.05, 0) is 45.0 Å². The summed E-state index contributed by atoms with van der Waals surface area (Å²) in [6.45, 7) is 10.7. The van der Waals surface area contributed by atoms with E-state index in [1.54, 1.807) is 26.1 Å². The van der Waals surface area contributed by atoms with Crippen molar-refractivity contribution in [2.75, 3.05) is 31.6 Å². The second-order valence-electron chi connectivity index (χ2n) is 7.76. The molecule has 0 aliphatic rings. The van der Waals surface area contributed by atoms with Crippen LogP contribution in [0.25, 0.3) is 11.0 Å². The van der Waals surface area contributed by atoms with Gasteiger partial charge >= 0.3 is 11.6 Å². The number of allylic oxidation sites excluding steroid dienone is 3. The Bertz CT molecular complexity index is 1260. The summed E-state index contributed by atoms with van der Waals surface area (Å²) >= 11 is 0. The number of fused-ring (bicyclic) bond motifs is 1. The van der Waals surface area contributed by atoms with Gasteiger partial charge in [0.1, 0.15) is 23.0 Å². The molecule has 0 fully saturated rings. The minimum absolute atomic E-state index is 0.0681. The number of nitrogens with zero attached hydrogens (tertiary/aromatic N) is 2. The van der Waals surface area contributed by atoms with Gasteiger partial charge in [0.25, 0.3) is 5.91 Å². The SMILES string of the molecule is C=C/C(F)=C\C(=C\NC)N=CCC(NC(=O)c1cc2ccc(N(CC)CC)cc2oc1=O)C(=O)OCC. The first kappa shape index (κ1) is 29.0. The van der Waals surface area contributed by atoms with E-state index in [4.69, 9.17) is 9.15 Å². The highest BCUT2D eigenvalue weighted by Crippen LogP contribution is 2.22. The number of carbonyl (C=O) groups excluding carboxylic acids is 2. The number of carbonyl (C=O) groups is 2. The van der Waals surface area contributed by atoms with Crippen LogP contribution in [0.1, 0.15) is 37.6 Å². The number of nitrogens with one attached hydrogen (secondary N) is 2. The number of esters is 1. The van der Waals surface area contributed by atoms with Crippen molar-refractivity contribution in [2.45, 2.75) is 33.2 Å². The molecule has 2 N–H and O–H groups in total. The molecule has 2 aromatic rings. The highest BCUT2D eigenvalue weighted by atomic mass is 19.1. The van der Waals surface area contributed by atoms with Crippen LogP contribution in [0, 0.1) is 0 Å². The monoisotopic (exact) mass is 512 g/mol. The summed E-state index contributed by atoms with van der Waals surface area (Å²) < 4.78 is 24.0. The molecule has 1 atom stereocenters. The van der Waals surface area contributed by atoms with Crippen LogP contribution in [0.3, 0.4) is 0 Å². The Morgan fingerprint density at radius 1 is 1.24 bits per heavy atom. The number of ether oxygens (including phenoxy) is 1. The molecule has 0 bridgehead atoms. The van der Waals surface area contributed by atoms with Crippen molar-refractivity contribution in [2.24, 2.45) is 4.99 Å². The maximum absolute atomic E-state index is 13.6. The van der Waals surface area contributed by atoms with Crippen molar-refractivity contribution in [1.29, 1.82) is 0 Å². The maximum Gasteiger partial charge on any atom is 0.349 e. The minimum Gasteiger partial charge on any atom is -0.464 e. The first-order valence-electron chi connectivity index (χ1n) is 12.0. The van der Waals surface area contributed by atoms with Crippen LogP contribution in [0.15, 0.2) is 74.9 Å². The lowest BCUT2D eigenvalue weighted by molar-refractivity contribution is -0.145. The highest BCUT2D eigenvalue weighted by Gasteiger charge is 2.24. The number of benzene rings is 1. The molecule has 0 saturated heterocycles. The lowest BCUT2D eigenvalue weighted by Gasteiger charge is -2.21. The van der Waals surface area contributed by atoms with Gasteiger partial charge in [0.15, 0.2) is 0 Å². The van der Waals surface area contributed by atoms with E-state index in [1.165, 1.54) is 18.5 Å². The molecule has 1 aromatic heterocycles. The molecule has 0 aliphatic heterocycles. The third kappa shape index (κ3) is 8.16. The highest BCUT2D eigenvalue weighted by molar-refractivity contribution is 5.99. The van der Waals surface area contributed by atoms with Crippen LogP contribution in [0.4, 0.5) is 10.1 Å². The number of halogens is 1. The number of hydrogen-bond acceptors (Lipinski definition) is 8. The molecule has 0 radical (unpaired) electrons. The first-order valence-corrected chi connectivity index (χ1v) is 12.0. The summed E-state index contributed by atoms with van der Waals surface area (Å²) in [4.78, 5) is 44.3. The number of hydrogen-bond donors (Lipinski definition) is 2.